The lowest BCUT2D eigenvalue weighted by molar-refractivity contribution is 0.0126. The van der Waals surface area contributed by atoms with Gasteiger partial charge in [-0.25, -0.2) is 0 Å². The molecular formula is C20H26BrN3O2. The van der Waals surface area contributed by atoms with Gasteiger partial charge >= 0.3 is 0 Å². The van der Waals surface area contributed by atoms with E-state index in [1.165, 1.54) is 18.4 Å². The number of halogens is 1. The topological polar surface area (TPSA) is 37.8 Å². The minimum absolute atomic E-state index is 0.709. The predicted molar refractivity (Wildman–Crippen MR) is 107 cm³/mol. The zero-order chi connectivity index (χ0) is 17.9. The normalized spacial score (nSPS) is 20.5. The van der Waals surface area contributed by atoms with E-state index in [1.807, 2.05) is 12.3 Å². The molecule has 140 valence electrons. The summed E-state index contributed by atoms with van der Waals surface area (Å²) in [7, 11) is 1.72. The van der Waals surface area contributed by atoms with E-state index in [0.717, 1.165) is 67.1 Å². The van der Waals surface area contributed by atoms with Gasteiger partial charge < -0.3 is 9.47 Å². The van der Waals surface area contributed by atoms with Crippen LogP contribution in [0.15, 0.2) is 28.9 Å². The van der Waals surface area contributed by atoms with Crippen LogP contribution in [0.3, 0.4) is 0 Å². The summed E-state index contributed by atoms with van der Waals surface area (Å²) in [5.41, 5.74) is 2.30. The second kappa shape index (κ2) is 8.21. The second-order valence-corrected chi connectivity index (χ2v) is 7.99. The van der Waals surface area contributed by atoms with Gasteiger partial charge in [0.2, 0.25) is 0 Å². The van der Waals surface area contributed by atoms with Gasteiger partial charge in [0.25, 0.3) is 0 Å². The molecule has 1 aromatic heterocycles. The Bertz CT molecular complexity index is 756. The van der Waals surface area contributed by atoms with Crippen LogP contribution in [-0.4, -0.2) is 67.3 Å². The number of piperazine rings is 1. The van der Waals surface area contributed by atoms with Crippen LogP contribution < -0.4 is 4.74 Å². The molecule has 3 heterocycles. The number of pyridine rings is 1. The van der Waals surface area contributed by atoms with Crippen molar-refractivity contribution in [1.29, 1.82) is 0 Å². The Balaban J connectivity index is 1.47. The number of methoxy groups -OCH3 is 1. The molecule has 2 saturated heterocycles. The molecule has 0 unspecified atom stereocenters. The van der Waals surface area contributed by atoms with Crippen LogP contribution in [0.4, 0.5) is 0 Å². The predicted octanol–water partition coefficient (Wildman–Crippen LogP) is 3.30. The lowest BCUT2D eigenvalue weighted by atomic mass is 10.1. The van der Waals surface area contributed by atoms with Crippen LogP contribution in [0.25, 0.3) is 10.9 Å². The van der Waals surface area contributed by atoms with Crippen molar-refractivity contribution in [3.8, 4) is 5.75 Å². The number of aromatic nitrogens is 1. The van der Waals surface area contributed by atoms with Crippen LogP contribution >= 0.6 is 15.9 Å². The van der Waals surface area contributed by atoms with E-state index in [1.54, 1.807) is 7.11 Å². The molecule has 0 saturated carbocycles. The molecule has 0 aliphatic carbocycles. The monoisotopic (exact) mass is 419 g/mol. The van der Waals surface area contributed by atoms with Crippen molar-refractivity contribution in [1.82, 2.24) is 14.8 Å². The average Bonchev–Trinajstić information content (AvgIpc) is 2.70. The highest BCUT2D eigenvalue weighted by Gasteiger charge is 2.25. The number of fused-ring (bicyclic) bond motifs is 1. The summed E-state index contributed by atoms with van der Waals surface area (Å²) < 4.78 is 12.1. The maximum Gasteiger partial charge on any atom is 0.119 e. The Morgan fingerprint density at radius 1 is 1.19 bits per heavy atom. The third-order valence-corrected chi connectivity index (χ3v) is 6.28. The zero-order valence-corrected chi connectivity index (χ0v) is 16.9. The van der Waals surface area contributed by atoms with E-state index in [0.29, 0.717) is 6.04 Å². The van der Waals surface area contributed by atoms with E-state index < -0.39 is 0 Å². The van der Waals surface area contributed by atoms with Gasteiger partial charge in [0.05, 0.1) is 12.6 Å². The van der Waals surface area contributed by atoms with Crippen LogP contribution in [0.2, 0.25) is 0 Å². The van der Waals surface area contributed by atoms with Crippen LogP contribution in [-0.2, 0) is 11.3 Å². The highest BCUT2D eigenvalue weighted by atomic mass is 79.9. The van der Waals surface area contributed by atoms with Crippen molar-refractivity contribution >= 4 is 26.8 Å². The first-order valence-electron chi connectivity index (χ1n) is 9.40. The number of hydrogen-bond acceptors (Lipinski definition) is 5. The summed E-state index contributed by atoms with van der Waals surface area (Å²) in [6, 6.07) is 6.88. The lowest BCUT2D eigenvalue weighted by Gasteiger charge is -2.40. The molecule has 0 bridgehead atoms. The Morgan fingerprint density at radius 2 is 1.96 bits per heavy atom. The smallest absolute Gasteiger partial charge is 0.119 e. The van der Waals surface area contributed by atoms with E-state index in [9.17, 15) is 0 Å². The quantitative estimate of drug-likeness (QED) is 0.759. The molecule has 2 aliphatic rings. The number of ether oxygens (including phenoxy) is 2. The van der Waals surface area contributed by atoms with E-state index >= 15 is 0 Å². The van der Waals surface area contributed by atoms with Crippen LogP contribution in [0.1, 0.15) is 18.4 Å². The zero-order valence-electron chi connectivity index (χ0n) is 15.3. The standard InChI is InChI=1S/C20H26BrN3O2/c1-25-17-12-15(20-18(13-17)19(21)2-5-22-20)14-23-6-8-24(9-7-23)16-3-10-26-11-4-16/h2,5,12-13,16H,3-4,6-11,14H2,1H3. The van der Waals surface area contributed by atoms with Gasteiger partial charge in [-0.2, -0.15) is 0 Å². The summed E-state index contributed by atoms with van der Waals surface area (Å²) in [4.78, 5) is 9.82. The molecule has 2 aromatic rings. The highest BCUT2D eigenvalue weighted by molar-refractivity contribution is 9.10. The van der Waals surface area contributed by atoms with Gasteiger partial charge in [-0.05, 0) is 36.6 Å². The fourth-order valence-electron chi connectivity index (χ4n) is 4.08. The Kier molecular flexibility index (Phi) is 5.74. The Labute approximate surface area is 163 Å². The van der Waals surface area contributed by atoms with E-state index in [2.05, 4.69) is 42.8 Å². The van der Waals surface area contributed by atoms with Crippen molar-refractivity contribution in [2.45, 2.75) is 25.4 Å². The SMILES string of the molecule is COc1cc(CN2CCN(C3CCOCC3)CC2)c2nccc(Br)c2c1. The molecule has 0 N–H and O–H groups in total. The first-order chi connectivity index (χ1) is 12.7. The minimum atomic E-state index is 0.709. The molecule has 1 aromatic carbocycles. The molecular weight excluding hydrogens is 394 g/mol. The largest absolute Gasteiger partial charge is 0.497 e. The fraction of sp³-hybridized carbons (Fsp3) is 0.550. The first kappa shape index (κ1) is 18.2. The summed E-state index contributed by atoms with van der Waals surface area (Å²) in [6.07, 6.45) is 4.22. The molecule has 0 radical (unpaired) electrons. The highest BCUT2D eigenvalue weighted by Crippen LogP contribution is 2.30. The van der Waals surface area contributed by atoms with Gasteiger partial charge in [-0.3, -0.25) is 14.8 Å². The third kappa shape index (κ3) is 3.88. The van der Waals surface area contributed by atoms with Crippen molar-refractivity contribution in [2.24, 2.45) is 0 Å². The Morgan fingerprint density at radius 3 is 2.69 bits per heavy atom. The molecule has 6 heteroatoms. The second-order valence-electron chi connectivity index (χ2n) is 7.13. The van der Waals surface area contributed by atoms with Gasteiger partial charge in [0.1, 0.15) is 5.75 Å². The van der Waals surface area contributed by atoms with Gasteiger partial charge in [0, 0.05) is 68.0 Å². The number of benzene rings is 1. The molecule has 0 amide bonds. The number of nitrogens with zero attached hydrogens (tertiary/aromatic N) is 3. The maximum absolute atomic E-state index is 5.52. The molecule has 4 rings (SSSR count). The molecule has 2 aliphatic heterocycles. The maximum atomic E-state index is 5.52. The lowest BCUT2D eigenvalue weighted by Crippen LogP contribution is -2.51. The van der Waals surface area contributed by atoms with Crippen molar-refractivity contribution in [3.63, 3.8) is 0 Å². The van der Waals surface area contributed by atoms with Crippen LogP contribution in [0.5, 0.6) is 5.75 Å². The van der Waals surface area contributed by atoms with Gasteiger partial charge in [-0.15, -0.1) is 0 Å². The van der Waals surface area contributed by atoms with E-state index in [-0.39, 0.29) is 0 Å². The van der Waals surface area contributed by atoms with Crippen molar-refractivity contribution < 1.29 is 9.47 Å². The average molecular weight is 420 g/mol. The molecule has 0 atom stereocenters. The number of hydrogen-bond donors (Lipinski definition) is 0. The fourth-order valence-corrected chi connectivity index (χ4v) is 4.50. The molecule has 0 spiro atoms. The van der Waals surface area contributed by atoms with Crippen molar-refractivity contribution in [2.75, 3.05) is 46.5 Å². The summed E-state index contributed by atoms with van der Waals surface area (Å²) in [6.45, 7) is 7.24. The minimum Gasteiger partial charge on any atom is -0.497 e. The summed E-state index contributed by atoms with van der Waals surface area (Å²) >= 11 is 3.65. The van der Waals surface area contributed by atoms with Gasteiger partial charge in [0.15, 0.2) is 0 Å². The Hall–Kier alpha value is -1.21. The van der Waals surface area contributed by atoms with Gasteiger partial charge in [-0.1, -0.05) is 15.9 Å². The van der Waals surface area contributed by atoms with Crippen LogP contribution in [0, 0.1) is 0 Å². The summed E-state index contributed by atoms with van der Waals surface area (Å²) in [5, 5.41) is 1.11. The molecule has 2 fully saturated rings. The molecule has 5 nitrogen and oxygen atoms in total. The third-order valence-electron chi connectivity index (χ3n) is 5.59. The first-order valence-corrected chi connectivity index (χ1v) is 10.2. The number of rotatable bonds is 4. The van der Waals surface area contributed by atoms with Crippen molar-refractivity contribution in [3.05, 3.63) is 34.4 Å². The molecule has 26 heavy (non-hydrogen) atoms. The van der Waals surface area contributed by atoms with E-state index in [4.69, 9.17) is 9.47 Å². The summed E-state index contributed by atoms with van der Waals surface area (Å²) in [5.74, 6) is 0.891.